The molecule has 11 aromatic rings. The Balaban J connectivity index is 1.08. The van der Waals surface area contributed by atoms with Crippen LogP contribution in [0.2, 0.25) is 0 Å². The molecule has 64 heavy (non-hydrogen) atoms. The number of anilines is 6. The fraction of sp³-hybridized carbons (Fsp3) is 0.103. The summed E-state index contributed by atoms with van der Waals surface area (Å²) in [6, 6.07) is 56.3. The summed E-state index contributed by atoms with van der Waals surface area (Å²) in [5, 5.41) is 28.5. The second-order valence-corrected chi connectivity index (χ2v) is 17.3. The molecule has 0 aliphatic carbocycles. The summed E-state index contributed by atoms with van der Waals surface area (Å²) in [4.78, 5) is 4.58. The van der Waals surface area contributed by atoms with Gasteiger partial charge in [0.05, 0.1) is 5.56 Å². The van der Waals surface area contributed by atoms with Crippen LogP contribution >= 0.6 is 0 Å². The Kier molecular flexibility index (Phi) is 8.84. The van der Waals surface area contributed by atoms with Gasteiger partial charge in [-0.1, -0.05) is 71.8 Å². The van der Waals surface area contributed by atoms with Crippen LogP contribution in [-0.2, 0) is 0 Å². The summed E-state index contributed by atoms with van der Waals surface area (Å²) in [7, 11) is 0. The van der Waals surface area contributed by atoms with Crippen molar-refractivity contribution in [3.05, 3.63) is 190 Å². The zero-order chi connectivity index (χ0) is 44.0. The Labute approximate surface area is 371 Å². The molecule has 0 unspecified atom stereocenters. The van der Waals surface area contributed by atoms with Crippen molar-refractivity contribution in [1.29, 1.82) is 10.5 Å². The van der Waals surface area contributed by atoms with Crippen LogP contribution in [0.3, 0.4) is 0 Å². The summed E-state index contributed by atoms with van der Waals surface area (Å²) < 4.78 is 13.2. The smallest absolute Gasteiger partial charge is 0.158 e. The third-order valence-corrected chi connectivity index (χ3v) is 12.8. The number of hydrogen-bond donors (Lipinski definition) is 0. The van der Waals surface area contributed by atoms with E-state index in [0.29, 0.717) is 38.7 Å². The lowest BCUT2D eigenvalue weighted by molar-refractivity contribution is 0.654. The van der Waals surface area contributed by atoms with Crippen LogP contribution in [0, 0.1) is 64.2 Å². The molecule has 2 heterocycles. The van der Waals surface area contributed by atoms with E-state index in [1.165, 1.54) is 33.4 Å². The molecule has 0 spiro atoms. The zero-order valence-corrected chi connectivity index (χ0v) is 36.5. The van der Waals surface area contributed by atoms with Gasteiger partial charge in [-0.2, -0.15) is 10.5 Å². The average Bonchev–Trinajstić information content (AvgIpc) is 3.85. The standard InChI is InChI=1S/C58H42N4O2/c1-33-9-17-43(18-10-33)61(51-23-35(3)7-13-37(51)5)45-21-15-39-27-47-53(29-41(39)25-45)63-57-50(32-60)58-56(49(31-59)55(47)57)48-28-40-16-22-46(26-42(40)30-54(48)64-58)62(44-19-11-34(2)12-20-44)52-24-36(4)8-14-38(52)6/h7-30H,1-6H3. The number of aryl methyl sites for hydroxylation is 6. The normalized spacial score (nSPS) is 11.6. The minimum absolute atomic E-state index is 0.270. The largest absolute Gasteiger partial charge is 0.454 e. The van der Waals surface area contributed by atoms with E-state index in [1.807, 2.05) is 12.1 Å². The first-order chi connectivity index (χ1) is 31.1. The van der Waals surface area contributed by atoms with Gasteiger partial charge in [0, 0.05) is 55.7 Å². The van der Waals surface area contributed by atoms with Gasteiger partial charge in [-0.05, 0) is 170 Å². The molecule has 11 rings (SSSR count). The fourth-order valence-corrected chi connectivity index (χ4v) is 9.39. The third-order valence-electron chi connectivity index (χ3n) is 12.8. The quantitative estimate of drug-likeness (QED) is 0.166. The van der Waals surface area contributed by atoms with Gasteiger partial charge in [0.15, 0.2) is 11.2 Å². The second-order valence-electron chi connectivity index (χ2n) is 17.3. The highest BCUT2D eigenvalue weighted by molar-refractivity contribution is 6.24. The first kappa shape index (κ1) is 38.6. The van der Waals surface area contributed by atoms with E-state index in [9.17, 15) is 10.5 Å². The Hall–Kier alpha value is -8.32. The van der Waals surface area contributed by atoms with Gasteiger partial charge in [0.1, 0.15) is 28.9 Å². The summed E-state index contributed by atoms with van der Waals surface area (Å²) in [5.74, 6) is 0. The van der Waals surface area contributed by atoms with Gasteiger partial charge >= 0.3 is 0 Å². The van der Waals surface area contributed by atoms with E-state index < -0.39 is 0 Å². The molecule has 2 aromatic heterocycles. The predicted molar refractivity (Wildman–Crippen MR) is 263 cm³/mol. The number of fused-ring (bicyclic) bond motifs is 8. The Morgan fingerprint density at radius 2 is 0.766 bits per heavy atom. The maximum Gasteiger partial charge on any atom is 0.158 e. The molecule has 0 aliphatic heterocycles. The monoisotopic (exact) mass is 826 g/mol. The molecule has 0 atom stereocenters. The molecular weight excluding hydrogens is 785 g/mol. The maximum atomic E-state index is 11.0. The minimum Gasteiger partial charge on any atom is -0.454 e. The molecule has 306 valence electrons. The molecule has 0 radical (unpaired) electrons. The highest BCUT2D eigenvalue weighted by atomic mass is 16.3. The summed E-state index contributed by atoms with van der Waals surface area (Å²) in [5.41, 5.74) is 16.0. The molecule has 6 nitrogen and oxygen atoms in total. The minimum atomic E-state index is 0.270. The lowest BCUT2D eigenvalue weighted by Gasteiger charge is -2.28. The van der Waals surface area contributed by atoms with Crippen molar-refractivity contribution in [3.63, 3.8) is 0 Å². The number of nitrogens with zero attached hydrogens (tertiary/aromatic N) is 4. The zero-order valence-electron chi connectivity index (χ0n) is 36.5. The van der Waals surface area contributed by atoms with E-state index in [0.717, 1.165) is 66.4 Å². The molecule has 0 N–H and O–H groups in total. The summed E-state index contributed by atoms with van der Waals surface area (Å²) in [6.45, 7) is 12.7. The van der Waals surface area contributed by atoms with Crippen molar-refractivity contribution < 1.29 is 8.83 Å². The summed E-state index contributed by atoms with van der Waals surface area (Å²) >= 11 is 0. The number of hydrogen-bond acceptors (Lipinski definition) is 6. The van der Waals surface area contributed by atoms with Crippen molar-refractivity contribution in [2.45, 2.75) is 41.5 Å². The predicted octanol–water partition coefficient (Wildman–Crippen LogP) is 16.3. The lowest BCUT2D eigenvalue weighted by atomic mass is 9.96. The van der Waals surface area contributed by atoms with Crippen LogP contribution in [0.4, 0.5) is 34.1 Å². The third kappa shape index (κ3) is 6.15. The Morgan fingerprint density at radius 1 is 0.375 bits per heavy atom. The molecule has 0 saturated carbocycles. The molecular formula is C58H42N4O2. The van der Waals surface area contributed by atoms with E-state index in [1.54, 1.807) is 0 Å². The van der Waals surface area contributed by atoms with E-state index in [4.69, 9.17) is 8.83 Å². The van der Waals surface area contributed by atoms with E-state index in [-0.39, 0.29) is 5.56 Å². The van der Waals surface area contributed by atoms with Crippen LogP contribution in [-0.4, -0.2) is 0 Å². The number of rotatable bonds is 6. The molecule has 0 aliphatic rings. The van der Waals surface area contributed by atoms with Crippen molar-refractivity contribution in [2.24, 2.45) is 0 Å². The average molecular weight is 827 g/mol. The first-order valence-corrected chi connectivity index (χ1v) is 21.5. The molecule has 0 saturated heterocycles. The van der Waals surface area contributed by atoms with Crippen molar-refractivity contribution in [2.75, 3.05) is 9.80 Å². The van der Waals surface area contributed by atoms with E-state index in [2.05, 4.69) is 197 Å². The number of benzene rings is 9. The molecule has 9 aromatic carbocycles. The SMILES string of the molecule is Cc1ccc(N(c2ccc3cc4c(cc3c2)oc2c(C#N)c3oc5cc6cc(N(c7ccc(C)cc7)c7cc(C)ccc7C)ccc6cc5c3c(C#N)c24)c2cc(C)ccc2C)cc1. The van der Waals surface area contributed by atoms with Gasteiger partial charge in [0.25, 0.3) is 0 Å². The topological polar surface area (TPSA) is 80.3 Å². The van der Waals surface area contributed by atoms with Crippen LogP contribution in [0.25, 0.3) is 65.4 Å². The lowest BCUT2D eigenvalue weighted by Crippen LogP contribution is -2.11. The molecule has 6 heteroatoms. The van der Waals surface area contributed by atoms with Gasteiger partial charge in [-0.3, -0.25) is 0 Å². The Bertz CT molecular complexity index is 3590. The first-order valence-electron chi connectivity index (χ1n) is 21.5. The Morgan fingerprint density at radius 3 is 1.17 bits per heavy atom. The van der Waals surface area contributed by atoms with Crippen molar-refractivity contribution >= 4 is 99.5 Å². The maximum absolute atomic E-state index is 11.0. The van der Waals surface area contributed by atoms with Crippen LogP contribution < -0.4 is 9.80 Å². The molecule has 0 fully saturated rings. The number of nitriles is 2. The van der Waals surface area contributed by atoms with Gasteiger partial charge in [-0.25, -0.2) is 0 Å². The second kappa shape index (κ2) is 14.7. The molecule has 0 bridgehead atoms. The highest BCUT2D eigenvalue weighted by Gasteiger charge is 2.26. The summed E-state index contributed by atoms with van der Waals surface area (Å²) in [6.07, 6.45) is 0. The molecule has 0 amide bonds. The van der Waals surface area contributed by atoms with Crippen molar-refractivity contribution in [1.82, 2.24) is 0 Å². The van der Waals surface area contributed by atoms with Crippen molar-refractivity contribution in [3.8, 4) is 12.1 Å². The van der Waals surface area contributed by atoms with E-state index >= 15 is 0 Å². The van der Waals surface area contributed by atoms with Crippen LogP contribution in [0.1, 0.15) is 44.5 Å². The van der Waals surface area contributed by atoms with Gasteiger partial charge in [0.2, 0.25) is 0 Å². The van der Waals surface area contributed by atoms with Crippen LogP contribution in [0.15, 0.2) is 154 Å². The fourth-order valence-electron chi connectivity index (χ4n) is 9.39. The number of furan rings is 2. The van der Waals surface area contributed by atoms with Gasteiger partial charge < -0.3 is 18.6 Å². The van der Waals surface area contributed by atoms with Gasteiger partial charge in [-0.15, -0.1) is 0 Å². The van der Waals surface area contributed by atoms with Crippen LogP contribution in [0.5, 0.6) is 0 Å². The highest BCUT2D eigenvalue weighted by Crippen LogP contribution is 2.46.